The van der Waals surface area contributed by atoms with E-state index in [0.717, 1.165) is 44.9 Å². The fourth-order valence-corrected chi connectivity index (χ4v) is 2.47. The van der Waals surface area contributed by atoms with Gasteiger partial charge in [-0.2, -0.15) is 0 Å². The second kappa shape index (κ2) is 7.29. The molecular weight excluding hydrogens is 200 g/mol. The van der Waals surface area contributed by atoms with Crippen molar-refractivity contribution < 1.29 is 10.2 Å². The van der Waals surface area contributed by atoms with E-state index >= 15 is 0 Å². The van der Waals surface area contributed by atoms with E-state index in [1.165, 1.54) is 0 Å². The van der Waals surface area contributed by atoms with Gasteiger partial charge in [0.25, 0.3) is 0 Å². The molecule has 16 heavy (non-hydrogen) atoms. The lowest BCUT2D eigenvalue weighted by Crippen LogP contribution is -2.33. The van der Waals surface area contributed by atoms with Crippen LogP contribution in [-0.4, -0.2) is 21.4 Å². The molecule has 0 aliphatic rings. The van der Waals surface area contributed by atoms with Crippen LogP contribution in [0.5, 0.6) is 0 Å². The van der Waals surface area contributed by atoms with Crippen molar-refractivity contribution in [3.05, 3.63) is 0 Å². The first-order chi connectivity index (χ1) is 7.39. The van der Waals surface area contributed by atoms with Crippen molar-refractivity contribution in [2.75, 3.05) is 0 Å². The van der Waals surface area contributed by atoms with Gasteiger partial charge in [0.15, 0.2) is 0 Å². The van der Waals surface area contributed by atoms with Gasteiger partial charge in [-0.1, -0.05) is 40.0 Å². The van der Waals surface area contributed by atoms with E-state index in [0.29, 0.717) is 6.42 Å². The lowest BCUT2D eigenvalue weighted by molar-refractivity contribution is -0.0266. The van der Waals surface area contributed by atoms with Crippen LogP contribution >= 0.6 is 0 Å². The monoisotopic (exact) mass is 230 g/mol. The molecule has 0 rings (SSSR count). The molecule has 0 spiro atoms. The summed E-state index contributed by atoms with van der Waals surface area (Å²) < 4.78 is 0. The third-order valence-electron chi connectivity index (χ3n) is 3.35. The molecule has 2 N–H and O–H groups in total. The fourth-order valence-electron chi connectivity index (χ4n) is 2.47. The lowest BCUT2D eigenvalue weighted by atomic mass is 9.83. The predicted molar refractivity (Wildman–Crippen MR) is 69.5 cm³/mol. The fraction of sp³-hybridized carbons (Fsp3) is 1.00. The summed E-state index contributed by atoms with van der Waals surface area (Å²) in [6.45, 7) is 8.17. The first-order valence-corrected chi connectivity index (χ1v) is 6.84. The quantitative estimate of drug-likeness (QED) is 0.635. The Bertz CT molecular complexity index is 170. The number of hydrogen-bond donors (Lipinski definition) is 2. The average molecular weight is 230 g/mol. The molecule has 1 atom stereocenters. The van der Waals surface area contributed by atoms with E-state index in [1.807, 2.05) is 6.92 Å². The Hall–Kier alpha value is -0.0800. The molecule has 0 saturated carbocycles. The Labute approximate surface area is 101 Å². The van der Waals surface area contributed by atoms with E-state index in [1.54, 1.807) is 0 Å². The molecule has 0 amide bonds. The molecule has 1 unspecified atom stereocenters. The Morgan fingerprint density at radius 2 is 1.12 bits per heavy atom. The highest BCUT2D eigenvalue weighted by Crippen LogP contribution is 2.29. The van der Waals surface area contributed by atoms with Gasteiger partial charge in [-0.05, 0) is 39.0 Å². The van der Waals surface area contributed by atoms with Gasteiger partial charge in [-0.3, -0.25) is 0 Å². The molecule has 0 aromatic heterocycles. The Kier molecular flexibility index (Phi) is 7.25. The van der Waals surface area contributed by atoms with Crippen LogP contribution in [0.4, 0.5) is 0 Å². The molecule has 0 radical (unpaired) electrons. The van der Waals surface area contributed by atoms with Crippen LogP contribution in [0.15, 0.2) is 0 Å². The Morgan fingerprint density at radius 3 is 1.50 bits per heavy atom. The molecule has 0 aliphatic carbocycles. The lowest BCUT2D eigenvalue weighted by Gasteiger charge is -2.32. The summed E-state index contributed by atoms with van der Waals surface area (Å²) in [5.41, 5.74) is -1.16. The van der Waals surface area contributed by atoms with Crippen molar-refractivity contribution in [3.8, 4) is 0 Å². The smallest absolute Gasteiger partial charge is 0.0648 e. The van der Waals surface area contributed by atoms with Crippen molar-refractivity contribution in [3.63, 3.8) is 0 Å². The van der Waals surface area contributed by atoms with Gasteiger partial charge in [0.1, 0.15) is 0 Å². The van der Waals surface area contributed by atoms with Gasteiger partial charge in [-0.15, -0.1) is 0 Å². The zero-order valence-electron chi connectivity index (χ0n) is 11.6. The van der Waals surface area contributed by atoms with E-state index in [2.05, 4.69) is 20.8 Å². The third-order valence-corrected chi connectivity index (χ3v) is 3.35. The molecular formula is C14H30O2. The van der Waals surface area contributed by atoms with Crippen LogP contribution in [-0.2, 0) is 0 Å². The molecule has 0 saturated heterocycles. The normalized spacial score (nSPS) is 16.1. The standard InChI is InChI=1S/C14H30O2/c1-5-8-13(4,15)11-12-14(16,9-6-2)10-7-3/h15-16H,5-12H2,1-4H3. The van der Waals surface area contributed by atoms with Crippen molar-refractivity contribution >= 4 is 0 Å². The highest BCUT2D eigenvalue weighted by atomic mass is 16.3. The van der Waals surface area contributed by atoms with Crippen LogP contribution in [0.3, 0.4) is 0 Å². The van der Waals surface area contributed by atoms with Gasteiger partial charge >= 0.3 is 0 Å². The summed E-state index contributed by atoms with van der Waals surface area (Å²) in [6.07, 6.45) is 6.96. The predicted octanol–water partition coefficient (Wildman–Crippen LogP) is 3.65. The molecule has 98 valence electrons. The minimum atomic E-state index is -0.607. The summed E-state index contributed by atoms with van der Waals surface area (Å²) in [5, 5.41) is 20.5. The van der Waals surface area contributed by atoms with Gasteiger partial charge in [0, 0.05) is 0 Å². The summed E-state index contributed by atoms with van der Waals surface area (Å²) in [6, 6.07) is 0. The molecule has 2 nitrogen and oxygen atoms in total. The SMILES string of the molecule is CCCC(C)(O)CCC(O)(CCC)CCC. The van der Waals surface area contributed by atoms with Crippen molar-refractivity contribution in [1.29, 1.82) is 0 Å². The van der Waals surface area contributed by atoms with E-state index in [9.17, 15) is 10.2 Å². The zero-order valence-corrected chi connectivity index (χ0v) is 11.6. The summed E-state index contributed by atoms with van der Waals surface area (Å²) in [4.78, 5) is 0. The second-order valence-electron chi connectivity index (χ2n) is 5.47. The van der Waals surface area contributed by atoms with E-state index in [4.69, 9.17) is 0 Å². The number of hydrogen-bond acceptors (Lipinski definition) is 2. The van der Waals surface area contributed by atoms with Gasteiger partial charge in [0.2, 0.25) is 0 Å². The minimum Gasteiger partial charge on any atom is -0.390 e. The third kappa shape index (κ3) is 6.49. The van der Waals surface area contributed by atoms with Crippen LogP contribution in [0.25, 0.3) is 0 Å². The van der Waals surface area contributed by atoms with Crippen LogP contribution in [0.1, 0.15) is 79.1 Å². The van der Waals surface area contributed by atoms with Gasteiger partial charge in [-0.25, -0.2) is 0 Å². The first kappa shape index (κ1) is 15.9. The molecule has 0 aromatic rings. The molecule has 0 bridgehead atoms. The summed E-state index contributed by atoms with van der Waals surface area (Å²) in [7, 11) is 0. The largest absolute Gasteiger partial charge is 0.390 e. The van der Waals surface area contributed by atoms with Gasteiger partial charge in [0.05, 0.1) is 11.2 Å². The summed E-state index contributed by atoms with van der Waals surface area (Å²) in [5.74, 6) is 0. The van der Waals surface area contributed by atoms with Gasteiger partial charge < -0.3 is 10.2 Å². The molecule has 2 heteroatoms. The Morgan fingerprint density at radius 1 is 0.688 bits per heavy atom. The summed E-state index contributed by atoms with van der Waals surface area (Å²) >= 11 is 0. The maximum atomic E-state index is 10.4. The number of aliphatic hydroxyl groups is 2. The first-order valence-electron chi connectivity index (χ1n) is 6.84. The average Bonchev–Trinajstić information content (AvgIpc) is 2.16. The molecule has 0 heterocycles. The molecule has 0 aliphatic heterocycles. The van der Waals surface area contributed by atoms with Crippen molar-refractivity contribution in [1.82, 2.24) is 0 Å². The highest BCUT2D eigenvalue weighted by Gasteiger charge is 2.29. The van der Waals surface area contributed by atoms with E-state index < -0.39 is 11.2 Å². The maximum absolute atomic E-state index is 10.4. The zero-order chi connectivity index (χ0) is 12.7. The molecule has 0 fully saturated rings. The highest BCUT2D eigenvalue weighted by molar-refractivity contribution is 4.82. The van der Waals surface area contributed by atoms with Crippen LogP contribution < -0.4 is 0 Å². The Balaban J connectivity index is 4.19. The number of rotatable bonds is 9. The van der Waals surface area contributed by atoms with Crippen molar-refractivity contribution in [2.45, 2.75) is 90.3 Å². The maximum Gasteiger partial charge on any atom is 0.0648 e. The minimum absolute atomic E-state index is 0.554. The topological polar surface area (TPSA) is 40.5 Å². The van der Waals surface area contributed by atoms with E-state index in [-0.39, 0.29) is 0 Å². The van der Waals surface area contributed by atoms with Crippen LogP contribution in [0.2, 0.25) is 0 Å². The molecule has 0 aromatic carbocycles. The van der Waals surface area contributed by atoms with Crippen molar-refractivity contribution in [2.24, 2.45) is 0 Å². The second-order valence-corrected chi connectivity index (χ2v) is 5.47. The van der Waals surface area contributed by atoms with Crippen LogP contribution in [0, 0.1) is 0 Å².